The number of pyridine rings is 1. The summed E-state index contributed by atoms with van der Waals surface area (Å²) < 4.78 is 1.89. The molecule has 2 aromatic rings. The van der Waals surface area contributed by atoms with Crippen molar-refractivity contribution in [3.63, 3.8) is 0 Å². The van der Waals surface area contributed by atoms with E-state index >= 15 is 0 Å². The molecule has 1 fully saturated rings. The highest BCUT2D eigenvalue weighted by Crippen LogP contribution is 2.10. The predicted molar refractivity (Wildman–Crippen MR) is 70.4 cm³/mol. The number of amides is 1. The summed E-state index contributed by atoms with van der Waals surface area (Å²) in [4.78, 5) is 12.0. The van der Waals surface area contributed by atoms with Gasteiger partial charge in [0.15, 0.2) is 11.5 Å². The van der Waals surface area contributed by atoms with E-state index in [0.717, 1.165) is 37.4 Å². The third-order valence-electron chi connectivity index (χ3n) is 3.47. The maximum atomic E-state index is 12.0. The minimum absolute atomic E-state index is 0.0768. The van der Waals surface area contributed by atoms with Gasteiger partial charge in [-0.25, -0.2) is 0 Å². The average Bonchev–Trinajstić information content (AvgIpc) is 2.89. The van der Waals surface area contributed by atoms with Gasteiger partial charge in [-0.05, 0) is 31.5 Å². The van der Waals surface area contributed by atoms with Gasteiger partial charge in [-0.2, -0.15) is 0 Å². The zero-order valence-corrected chi connectivity index (χ0v) is 10.7. The van der Waals surface area contributed by atoms with E-state index in [2.05, 4.69) is 20.8 Å². The van der Waals surface area contributed by atoms with Gasteiger partial charge in [0.25, 0.3) is 0 Å². The van der Waals surface area contributed by atoms with Crippen molar-refractivity contribution in [1.29, 1.82) is 0 Å². The number of piperidine rings is 1. The quantitative estimate of drug-likeness (QED) is 0.834. The minimum Gasteiger partial charge on any atom is -0.349 e. The van der Waals surface area contributed by atoms with E-state index in [0.29, 0.717) is 6.54 Å². The Bertz CT molecular complexity index is 573. The Morgan fingerprint density at radius 3 is 3.26 bits per heavy atom. The number of fused-ring (bicyclic) bond motifs is 1. The molecule has 0 aliphatic carbocycles. The molecule has 1 aliphatic heterocycles. The van der Waals surface area contributed by atoms with Gasteiger partial charge < -0.3 is 10.6 Å². The van der Waals surface area contributed by atoms with Crippen LogP contribution in [-0.2, 0) is 11.3 Å². The van der Waals surface area contributed by atoms with Gasteiger partial charge in [-0.1, -0.05) is 6.07 Å². The van der Waals surface area contributed by atoms with Crippen molar-refractivity contribution in [3.8, 4) is 0 Å². The summed E-state index contributed by atoms with van der Waals surface area (Å²) >= 11 is 0. The average molecular weight is 259 g/mol. The summed E-state index contributed by atoms with van der Waals surface area (Å²) in [7, 11) is 0. The van der Waals surface area contributed by atoms with E-state index in [9.17, 15) is 4.79 Å². The normalized spacial score (nSPS) is 19.5. The zero-order chi connectivity index (χ0) is 13.1. The van der Waals surface area contributed by atoms with Crippen LogP contribution in [0.4, 0.5) is 0 Å². The molecule has 1 saturated heterocycles. The molecule has 6 nitrogen and oxygen atoms in total. The maximum absolute atomic E-state index is 12.0. The molecule has 3 heterocycles. The maximum Gasteiger partial charge on any atom is 0.224 e. The largest absolute Gasteiger partial charge is 0.349 e. The molecule has 0 aromatic carbocycles. The molecule has 3 rings (SSSR count). The Morgan fingerprint density at radius 2 is 2.42 bits per heavy atom. The van der Waals surface area contributed by atoms with E-state index in [4.69, 9.17) is 0 Å². The van der Waals surface area contributed by atoms with Crippen LogP contribution in [0.2, 0.25) is 0 Å². The Labute approximate surface area is 111 Å². The number of hydrogen-bond donors (Lipinski definition) is 2. The molecule has 6 heteroatoms. The van der Waals surface area contributed by atoms with Crippen molar-refractivity contribution in [1.82, 2.24) is 25.2 Å². The SMILES string of the molecule is O=C(NCc1nnc2ccccn12)[C@@H]1CCCNC1. The van der Waals surface area contributed by atoms with Crippen LogP contribution >= 0.6 is 0 Å². The van der Waals surface area contributed by atoms with Crippen LogP contribution in [0, 0.1) is 5.92 Å². The molecule has 0 spiro atoms. The molecule has 1 aliphatic rings. The van der Waals surface area contributed by atoms with E-state index in [1.165, 1.54) is 0 Å². The number of nitrogens with zero attached hydrogens (tertiary/aromatic N) is 3. The molecule has 19 heavy (non-hydrogen) atoms. The Morgan fingerprint density at radius 1 is 1.47 bits per heavy atom. The monoisotopic (exact) mass is 259 g/mol. The third-order valence-corrected chi connectivity index (χ3v) is 3.47. The van der Waals surface area contributed by atoms with Crippen molar-refractivity contribution in [2.24, 2.45) is 5.92 Å². The van der Waals surface area contributed by atoms with Gasteiger partial charge in [0.2, 0.25) is 5.91 Å². The smallest absolute Gasteiger partial charge is 0.224 e. The van der Waals surface area contributed by atoms with Crippen molar-refractivity contribution in [2.75, 3.05) is 13.1 Å². The summed E-state index contributed by atoms with van der Waals surface area (Å²) in [5.41, 5.74) is 0.797. The number of rotatable bonds is 3. The van der Waals surface area contributed by atoms with E-state index in [1.807, 2.05) is 28.8 Å². The fraction of sp³-hybridized carbons (Fsp3) is 0.462. The van der Waals surface area contributed by atoms with E-state index in [-0.39, 0.29) is 11.8 Å². The molecule has 1 atom stereocenters. The summed E-state index contributed by atoms with van der Waals surface area (Å²) in [5, 5.41) is 14.3. The van der Waals surface area contributed by atoms with Crippen LogP contribution in [0.1, 0.15) is 18.7 Å². The first-order valence-corrected chi connectivity index (χ1v) is 6.61. The fourth-order valence-electron chi connectivity index (χ4n) is 2.40. The second-order valence-electron chi connectivity index (χ2n) is 4.81. The predicted octanol–water partition coefficient (Wildman–Crippen LogP) is 0.345. The van der Waals surface area contributed by atoms with Crippen LogP contribution in [0.25, 0.3) is 5.65 Å². The van der Waals surface area contributed by atoms with Crippen molar-refractivity contribution < 1.29 is 4.79 Å². The molecule has 2 aromatic heterocycles. The highest BCUT2D eigenvalue weighted by molar-refractivity contribution is 5.78. The van der Waals surface area contributed by atoms with Crippen molar-refractivity contribution in [3.05, 3.63) is 30.2 Å². The first kappa shape index (κ1) is 12.1. The number of hydrogen-bond acceptors (Lipinski definition) is 4. The van der Waals surface area contributed by atoms with Gasteiger partial charge in [-0.15, -0.1) is 10.2 Å². The van der Waals surface area contributed by atoms with Crippen molar-refractivity contribution >= 4 is 11.6 Å². The first-order valence-electron chi connectivity index (χ1n) is 6.61. The molecule has 0 radical (unpaired) electrons. The Balaban J connectivity index is 1.64. The summed E-state index contributed by atoms with van der Waals surface area (Å²) in [6.45, 7) is 2.20. The summed E-state index contributed by atoms with van der Waals surface area (Å²) in [6.07, 6.45) is 3.92. The number of nitrogens with one attached hydrogen (secondary N) is 2. The van der Waals surface area contributed by atoms with Crippen LogP contribution in [-0.4, -0.2) is 33.6 Å². The lowest BCUT2D eigenvalue weighted by atomic mass is 9.99. The number of carbonyl (C=O) groups is 1. The Hall–Kier alpha value is -1.95. The lowest BCUT2D eigenvalue weighted by Crippen LogP contribution is -2.40. The van der Waals surface area contributed by atoms with Crippen LogP contribution in [0.5, 0.6) is 0 Å². The molecule has 1 amide bonds. The van der Waals surface area contributed by atoms with E-state index in [1.54, 1.807) is 0 Å². The lowest BCUT2D eigenvalue weighted by Gasteiger charge is -2.21. The molecule has 0 saturated carbocycles. The lowest BCUT2D eigenvalue weighted by molar-refractivity contribution is -0.125. The number of aromatic nitrogens is 3. The van der Waals surface area contributed by atoms with Crippen LogP contribution in [0.3, 0.4) is 0 Å². The molecule has 0 unspecified atom stereocenters. The van der Waals surface area contributed by atoms with Gasteiger partial charge >= 0.3 is 0 Å². The van der Waals surface area contributed by atoms with Crippen LogP contribution in [0.15, 0.2) is 24.4 Å². The number of carbonyl (C=O) groups excluding carboxylic acids is 1. The summed E-state index contributed by atoms with van der Waals surface area (Å²) in [6, 6.07) is 5.73. The molecular weight excluding hydrogens is 242 g/mol. The fourth-order valence-corrected chi connectivity index (χ4v) is 2.40. The highest BCUT2D eigenvalue weighted by atomic mass is 16.1. The summed E-state index contributed by atoms with van der Waals surface area (Å²) in [5.74, 6) is 0.931. The van der Waals surface area contributed by atoms with Gasteiger partial charge in [-0.3, -0.25) is 9.20 Å². The van der Waals surface area contributed by atoms with Gasteiger partial charge in [0.05, 0.1) is 12.5 Å². The Kier molecular flexibility index (Phi) is 3.41. The minimum atomic E-state index is 0.0768. The first-order chi connectivity index (χ1) is 9.34. The second-order valence-corrected chi connectivity index (χ2v) is 4.81. The zero-order valence-electron chi connectivity index (χ0n) is 10.7. The topological polar surface area (TPSA) is 71.3 Å². The van der Waals surface area contributed by atoms with E-state index < -0.39 is 0 Å². The molecule has 0 bridgehead atoms. The third kappa shape index (κ3) is 2.58. The van der Waals surface area contributed by atoms with Crippen LogP contribution < -0.4 is 10.6 Å². The van der Waals surface area contributed by atoms with Crippen molar-refractivity contribution in [2.45, 2.75) is 19.4 Å². The highest BCUT2D eigenvalue weighted by Gasteiger charge is 2.20. The standard InChI is InChI=1S/C13H17N5O/c19-13(10-4-3-6-14-8-10)15-9-12-17-16-11-5-1-2-7-18(11)12/h1-2,5,7,10,14H,3-4,6,8-9H2,(H,15,19)/t10-/m1/s1. The molecule has 2 N–H and O–H groups in total. The van der Waals surface area contributed by atoms with Gasteiger partial charge in [0.1, 0.15) is 0 Å². The molecular formula is C13H17N5O. The second kappa shape index (κ2) is 5.36. The van der Waals surface area contributed by atoms with Gasteiger partial charge in [0, 0.05) is 12.7 Å². The molecule has 100 valence electrons.